The van der Waals surface area contributed by atoms with E-state index in [-0.39, 0.29) is 22.7 Å². The standard InChI is InChI=1S/C14H16BrN3O2S/c15-10-1-3-11(4-2-10)17-13(20)14(21)18-7-5-9(6-8-18)12(16)19/h1-4,9H,5-8H2,(H2,16,19)(H,17,20). The number of carbonyl (C=O) groups excluding carboxylic acids is 2. The molecule has 1 aliphatic rings. The fourth-order valence-corrected chi connectivity index (χ4v) is 2.73. The van der Waals surface area contributed by atoms with Crippen LogP contribution in [0.25, 0.3) is 0 Å². The van der Waals surface area contributed by atoms with Gasteiger partial charge in [-0.05, 0) is 37.1 Å². The molecule has 7 heteroatoms. The highest BCUT2D eigenvalue weighted by Gasteiger charge is 2.26. The van der Waals surface area contributed by atoms with Gasteiger partial charge in [0.15, 0.2) is 4.99 Å². The summed E-state index contributed by atoms with van der Waals surface area (Å²) in [5.74, 6) is -0.691. The summed E-state index contributed by atoms with van der Waals surface area (Å²) in [5, 5.41) is 2.77. The van der Waals surface area contributed by atoms with Crippen LogP contribution in [0.5, 0.6) is 0 Å². The maximum atomic E-state index is 12.1. The number of benzene rings is 1. The molecular weight excluding hydrogens is 354 g/mol. The number of hydrogen-bond acceptors (Lipinski definition) is 3. The smallest absolute Gasteiger partial charge is 0.283 e. The van der Waals surface area contributed by atoms with Crippen molar-refractivity contribution in [1.29, 1.82) is 0 Å². The molecule has 0 bridgehead atoms. The van der Waals surface area contributed by atoms with Crippen LogP contribution in [0.15, 0.2) is 28.7 Å². The minimum absolute atomic E-state index is 0.112. The van der Waals surface area contributed by atoms with E-state index in [1.165, 1.54) is 0 Å². The molecule has 21 heavy (non-hydrogen) atoms. The number of halogens is 1. The molecule has 1 aromatic carbocycles. The fourth-order valence-electron chi connectivity index (χ4n) is 2.23. The second-order valence-electron chi connectivity index (χ2n) is 4.93. The molecule has 0 saturated carbocycles. The lowest BCUT2D eigenvalue weighted by molar-refractivity contribution is -0.122. The van der Waals surface area contributed by atoms with Crippen molar-refractivity contribution < 1.29 is 9.59 Å². The minimum Gasteiger partial charge on any atom is -0.369 e. The monoisotopic (exact) mass is 369 g/mol. The Morgan fingerprint density at radius 1 is 1.24 bits per heavy atom. The van der Waals surface area contributed by atoms with Gasteiger partial charge in [-0.3, -0.25) is 9.59 Å². The third-order valence-corrected chi connectivity index (χ3v) is 4.45. The van der Waals surface area contributed by atoms with E-state index < -0.39 is 0 Å². The summed E-state index contributed by atoms with van der Waals surface area (Å²) in [4.78, 5) is 25.3. The Balaban J connectivity index is 1.90. The molecule has 2 amide bonds. The summed E-state index contributed by atoms with van der Waals surface area (Å²) < 4.78 is 0.941. The molecule has 0 aliphatic carbocycles. The zero-order chi connectivity index (χ0) is 15.4. The van der Waals surface area contributed by atoms with E-state index in [1.54, 1.807) is 12.1 Å². The average molecular weight is 370 g/mol. The Hall–Kier alpha value is -1.47. The first kappa shape index (κ1) is 15.9. The third-order valence-electron chi connectivity index (χ3n) is 3.48. The predicted octanol–water partition coefficient (Wildman–Crippen LogP) is 1.91. The molecule has 1 heterocycles. The second kappa shape index (κ2) is 7.00. The van der Waals surface area contributed by atoms with Gasteiger partial charge in [-0.25, -0.2) is 0 Å². The van der Waals surface area contributed by atoms with Crippen LogP contribution in [0, 0.1) is 5.92 Å². The summed E-state index contributed by atoms with van der Waals surface area (Å²) >= 11 is 8.55. The van der Waals surface area contributed by atoms with Crippen LogP contribution in [0.1, 0.15) is 12.8 Å². The second-order valence-corrected chi connectivity index (χ2v) is 6.23. The quantitative estimate of drug-likeness (QED) is 0.780. The number of likely N-dealkylation sites (tertiary alicyclic amines) is 1. The van der Waals surface area contributed by atoms with Gasteiger partial charge in [0, 0.05) is 29.2 Å². The van der Waals surface area contributed by atoms with Crippen LogP contribution in [0.2, 0.25) is 0 Å². The van der Waals surface area contributed by atoms with Crippen molar-refractivity contribution in [1.82, 2.24) is 4.90 Å². The lowest BCUT2D eigenvalue weighted by atomic mass is 9.96. The number of thiocarbonyl (C=S) groups is 1. The summed E-state index contributed by atoms with van der Waals surface area (Å²) in [5.41, 5.74) is 5.98. The maximum absolute atomic E-state index is 12.1. The lowest BCUT2D eigenvalue weighted by Crippen LogP contribution is -2.45. The first-order valence-electron chi connectivity index (χ1n) is 6.62. The number of nitrogens with two attached hydrogens (primary N) is 1. The molecular formula is C14H16BrN3O2S. The highest BCUT2D eigenvalue weighted by Crippen LogP contribution is 2.18. The number of rotatable bonds is 2. The van der Waals surface area contributed by atoms with Gasteiger partial charge in [0.1, 0.15) is 0 Å². The molecule has 1 aromatic rings. The number of hydrogen-bond donors (Lipinski definition) is 2. The number of anilines is 1. The zero-order valence-corrected chi connectivity index (χ0v) is 13.7. The van der Waals surface area contributed by atoms with Crippen molar-refractivity contribution in [2.24, 2.45) is 11.7 Å². The average Bonchev–Trinajstić information content (AvgIpc) is 2.49. The molecule has 1 fully saturated rings. The summed E-state index contributed by atoms with van der Waals surface area (Å²) in [7, 11) is 0. The van der Waals surface area contributed by atoms with E-state index in [4.69, 9.17) is 18.0 Å². The zero-order valence-electron chi connectivity index (χ0n) is 11.3. The van der Waals surface area contributed by atoms with Crippen molar-refractivity contribution in [3.05, 3.63) is 28.7 Å². The van der Waals surface area contributed by atoms with E-state index in [9.17, 15) is 9.59 Å². The topological polar surface area (TPSA) is 75.4 Å². The van der Waals surface area contributed by atoms with Gasteiger partial charge in [-0.1, -0.05) is 28.1 Å². The van der Waals surface area contributed by atoms with Crippen LogP contribution < -0.4 is 11.1 Å². The van der Waals surface area contributed by atoms with Crippen LogP contribution >= 0.6 is 28.1 Å². The van der Waals surface area contributed by atoms with Crippen LogP contribution in [0.3, 0.4) is 0 Å². The Kier molecular flexibility index (Phi) is 5.30. The van der Waals surface area contributed by atoms with E-state index >= 15 is 0 Å². The van der Waals surface area contributed by atoms with Crippen molar-refractivity contribution in [2.75, 3.05) is 18.4 Å². The lowest BCUT2D eigenvalue weighted by Gasteiger charge is -2.31. The Bertz CT molecular complexity index is 554. The molecule has 0 atom stereocenters. The van der Waals surface area contributed by atoms with Gasteiger partial charge in [-0.2, -0.15) is 0 Å². The molecule has 1 aliphatic heterocycles. The Labute approximate surface area is 137 Å². The van der Waals surface area contributed by atoms with Gasteiger partial charge < -0.3 is 16.0 Å². The summed E-state index contributed by atoms with van der Waals surface area (Å²) in [6, 6.07) is 7.28. The number of nitrogens with zero attached hydrogens (tertiary/aromatic N) is 1. The van der Waals surface area contributed by atoms with Gasteiger partial charge in [0.2, 0.25) is 5.91 Å². The van der Waals surface area contributed by atoms with Crippen molar-refractivity contribution >= 4 is 50.6 Å². The molecule has 0 unspecified atom stereocenters. The third kappa shape index (κ3) is 4.25. The van der Waals surface area contributed by atoms with E-state index in [2.05, 4.69) is 21.2 Å². The van der Waals surface area contributed by atoms with Gasteiger partial charge >= 0.3 is 0 Å². The molecule has 0 radical (unpaired) electrons. The van der Waals surface area contributed by atoms with Gasteiger partial charge in [0.25, 0.3) is 5.91 Å². The SMILES string of the molecule is NC(=O)C1CCN(C(=S)C(=O)Nc2ccc(Br)cc2)CC1. The van der Waals surface area contributed by atoms with Crippen LogP contribution in [0.4, 0.5) is 5.69 Å². The molecule has 3 N–H and O–H groups in total. The number of primary amides is 1. The number of amides is 2. The largest absolute Gasteiger partial charge is 0.369 e. The number of piperidine rings is 1. The van der Waals surface area contributed by atoms with E-state index in [0.717, 1.165) is 4.47 Å². The minimum atomic E-state index is -0.301. The summed E-state index contributed by atoms with van der Waals surface area (Å²) in [6.07, 6.45) is 1.28. The molecule has 2 rings (SSSR count). The molecule has 5 nitrogen and oxygen atoms in total. The van der Waals surface area contributed by atoms with Crippen LogP contribution in [-0.4, -0.2) is 34.8 Å². The highest BCUT2D eigenvalue weighted by molar-refractivity contribution is 9.10. The normalized spacial score (nSPS) is 15.6. The van der Waals surface area contributed by atoms with Crippen LogP contribution in [-0.2, 0) is 9.59 Å². The first-order valence-corrected chi connectivity index (χ1v) is 7.82. The van der Waals surface area contributed by atoms with Crippen molar-refractivity contribution in [3.8, 4) is 0 Å². The number of carbonyl (C=O) groups is 2. The number of nitrogens with one attached hydrogen (secondary N) is 1. The fraction of sp³-hybridized carbons (Fsp3) is 0.357. The molecule has 0 spiro atoms. The van der Waals surface area contributed by atoms with Crippen molar-refractivity contribution in [2.45, 2.75) is 12.8 Å². The molecule has 0 aromatic heterocycles. The predicted molar refractivity (Wildman–Crippen MR) is 88.9 cm³/mol. The molecule has 1 saturated heterocycles. The van der Waals surface area contributed by atoms with E-state index in [1.807, 2.05) is 17.0 Å². The first-order chi connectivity index (χ1) is 9.97. The maximum Gasteiger partial charge on any atom is 0.283 e. The highest BCUT2D eigenvalue weighted by atomic mass is 79.9. The van der Waals surface area contributed by atoms with Gasteiger partial charge in [0.05, 0.1) is 0 Å². The van der Waals surface area contributed by atoms with E-state index in [0.29, 0.717) is 31.6 Å². The van der Waals surface area contributed by atoms with Crippen molar-refractivity contribution in [3.63, 3.8) is 0 Å². The van der Waals surface area contributed by atoms with Gasteiger partial charge in [-0.15, -0.1) is 0 Å². The summed E-state index contributed by atoms with van der Waals surface area (Å²) in [6.45, 7) is 1.17. The Morgan fingerprint density at radius 3 is 2.33 bits per heavy atom. The molecule has 112 valence electrons. The Morgan fingerprint density at radius 2 is 1.81 bits per heavy atom.